The Bertz CT molecular complexity index is 454. The molecule has 0 radical (unpaired) electrons. The molecule has 0 aliphatic carbocycles. The first-order valence-electron chi connectivity index (χ1n) is 4.18. The van der Waals surface area contributed by atoms with Gasteiger partial charge in [0.1, 0.15) is 6.07 Å². The summed E-state index contributed by atoms with van der Waals surface area (Å²) in [5.74, 6) is 0. The van der Waals surface area contributed by atoms with E-state index < -0.39 is 0 Å². The van der Waals surface area contributed by atoms with Crippen molar-refractivity contribution in [3.05, 3.63) is 48.4 Å². The number of hydrogen-bond acceptors (Lipinski definition) is 3. The highest BCUT2D eigenvalue weighted by atomic mass is 14.8. The Morgan fingerprint density at radius 3 is 2.36 bits per heavy atom. The summed E-state index contributed by atoms with van der Waals surface area (Å²) in [6.07, 6.45) is 3.08. The fourth-order valence-electron chi connectivity index (χ4n) is 1.14. The second kappa shape index (κ2) is 3.67. The van der Waals surface area contributed by atoms with Crippen molar-refractivity contribution in [3.63, 3.8) is 0 Å². The van der Waals surface area contributed by atoms with E-state index in [9.17, 15) is 0 Å². The summed E-state index contributed by atoms with van der Waals surface area (Å²) >= 11 is 0. The molecule has 66 valence electrons. The number of nitrogens with zero attached hydrogens (tertiary/aromatic N) is 3. The number of hydrogen-bond donors (Lipinski definition) is 0. The summed E-state index contributed by atoms with van der Waals surface area (Å²) in [6.45, 7) is 0. The second-order valence-corrected chi connectivity index (χ2v) is 2.76. The molecule has 2 rings (SSSR count). The third-order valence-electron chi connectivity index (χ3n) is 1.84. The SMILES string of the molecule is N#Cc1cnc(-c2ccccc2)cn1. The molecule has 0 saturated carbocycles. The van der Waals surface area contributed by atoms with E-state index in [4.69, 9.17) is 5.26 Å². The van der Waals surface area contributed by atoms with Crippen molar-refractivity contribution in [2.75, 3.05) is 0 Å². The zero-order valence-corrected chi connectivity index (χ0v) is 7.38. The molecule has 3 nitrogen and oxygen atoms in total. The average Bonchev–Trinajstić information content (AvgIpc) is 2.30. The quantitative estimate of drug-likeness (QED) is 0.676. The Labute approximate surface area is 81.7 Å². The summed E-state index contributed by atoms with van der Waals surface area (Å²) in [5, 5.41) is 8.55. The van der Waals surface area contributed by atoms with Crippen LogP contribution in [0, 0.1) is 11.3 Å². The molecule has 0 atom stereocenters. The molecule has 1 aromatic heterocycles. The van der Waals surface area contributed by atoms with E-state index in [1.54, 1.807) is 6.20 Å². The van der Waals surface area contributed by atoms with E-state index in [1.165, 1.54) is 6.20 Å². The van der Waals surface area contributed by atoms with E-state index in [2.05, 4.69) is 9.97 Å². The Morgan fingerprint density at radius 2 is 1.79 bits per heavy atom. The van der Waals surface area contributed by atoms with Crippen LogP contribution in [0.4, 0.5) is 0 Å². The van der Waals surface area contributed by atoms with Crippen molar-refractivity contribution in [2.45, 2.75) is 0 Å². The Balaban J connectivity index is 2.40. The zero-order valence-electron chi connectivity index (χ0n) is 7.38. The molecule has 3 heteroatoms. The lowest BCUT2D eigenvalue weighted by atomic mass is 10.2. The standard InChI is InChI=1S/C11H7N3/c12-6-10-7-14-11(8-13-10)9-4-2-1-3-5-9/h1-5,7-8H. The van der Waals surface area contributed by atoms with Gasteiger partial charge in [0.15, 0.2) is 5.69 Å². The lowest BCUT2D eigenvalue weighted by molar-refractivity contribution is 1.17. The number of aromatic nitrogens is 2. The van der Waals surface area contributed by atoms with E-state index in [-0.39, 0.29) is 0 Å². The van der Waals surface area contributed by atoms with Gasteiger partial charge in [0.2, 0.25) is 0 Å². The molecule has 0 amide bonds. The topological polar surface area (TPSA) is 49.6 Å². The van der Waals surface area contributed by atoms with Crippen LogP contribution in [0.3, 0.4) is 0 Å². The highest BCUT2D eigenvalue weighted by molar-refractivity contribution is 5.57. The smallest absolute Gasteiger partial charge is 0.158 e. The largest absolute Gasteiger partial charge is 0.252 e. The van der Waals surface area contributed by atoms with Gasteiger partial charge in [-0.1, -0.05) is 30.3 Å². The fourth-order valence-corrected chi connectivity index (χ4v) is 1.14. The Hall–Kier alpha value is -2.21. The normalized spacial score (nSPS) is 9.36. The second-order valence-electron chi connectivity index (χ2n) is 2.76. The van der Waals surface area contributed by atoms with Crippen LogP contribution in [-0.4, -0.2) is 9.97 Å². The summed E-state index contributed by atoms with van der Waals surface area (Å²) in [5.41, 5.74) is 2.12. The van der Waals surface area contributed by atoms with Gasteiger partial charge in [-0.15, -0.1) is 0 Å². The Kier molecular flexibility index (Phi) is 2.20. The summed E-state index contributed by atoms with van der Waals surface area (Å²) < 4.78 is 0. The van der Waals surface area contributed by atoms with E-state index in [1.807, 2.05) is 36.4 Å². The van der Waals surface area contributed by atoms with Crippen molar-refractivity contribution in [3.8, 4) is 17.3 Å². The van der Waals surface area contributed by atoms with Gasteiger partial charge in [-0.25, -0.2) is 4.98 Å². The van der Waals surface area contributed by atoms with Gasteiger partial charge in [0.25, 0.3) is 0 Å². The molecule has 0 N–H and O–H groups in total. The molecule has 1 heterocycles. The number of nitriles is 1. The van der Waals surface area contributed by atoms with E-state index >= 15 is 0 Å². The lowest BCUT2D eigenvalue weighted by Gasteiger charge is -1.98. The molecular formula is C11H7N3. The van der Waals surface area contributed by atoms with Crippen molar-refractivity contribution in [1.82, 2.24) is 9.97 Å². The van der Waals surface area contributed by atoms with Gasteiger partial charge in [-0.05, 0) is 0 Å². The maximum Gasteiger partial charge on any atom is 0.158 e. The minimum Gasteiger partial charge on any atom is -0.252 e. The highest BCUT2D eigenvalue weighted by Gasteiger charge is 1.98. The van der Waals surface area contributed by atoms with Gasteiger partial charge in [0.05, 0.1) is 18.1 Å². The molecule has 1 aromatic carbocycles. The zero-order chi connectivity index (χ0) is 9.80. The van der Waals surface area contributed by atoms with Crippen molar-refractivity contribution in [2.24, 2.45) is 0 Å². The molecule has 0 unspecified atom stereocenters. The van der Waals surface area contributed by atoms with Crippen LogP contribution in [0.5, 0.6) is 0 Å². The molecule has 0 aliphatic rings. The predicted molar refractivity (Wildman–Crippen MR) is 52.2 cm³/mol. The maximum atomic E-state index is 8.55. The monoisotopic (exact) mass is 181 g/mol. The molecule has 2 aromatic rings. The number of rotatable bonds is 1. The van der Waals surface area contributed by atoms with Crippen LogP contribution >= 0.6 is 0 Å². The van der Waals surface area contributed by atoms with Gasteiger partial charge in [-0.2, -0.15) is 5.26 Å². The van der Waals surface area contributed by atoms with E-state index in [0.29, 0.717) is 5.69 Å². The minimum atomic E-state index is 0.338. The molecule has 0 spiro atoms. The van der Waals surface area contributed by atoms with Crippen molar-refractivity contribution < 1.29 is 0 Å². The summed E-state index contributed by atoms with van der Waals surface area (Å²) in [6, 6.07) is 11.7. The first kappa shape index (κ1) is 8.39. The molecule has 0 aliphatic heterocycles. The Morgan fingerprint density at radius 1 is 1.00 bits per heavy atom. The third kappa shape index (κ3) is 1.59. The van der Waals surface area contributed by atoms with Gasteiger partial charge in [-0.3, -0.25) is 4.98 Å². The molecular weight excluding hydrogens is 174 g/mol. The minimum absolute atomic E-state index is 0.338. The first-order valence-corrected chi connectivity index (χ1v) is 4.18. The van der Waals surface area contributed by atoms with Gasteiger partial charge < -0.3 is 0 Å². The molecule has 14 heavy (non-hydrogen) atoms. The molecule has 0 saturated heterocycles. The third-order valence-corrected chi connectivity index (χ3v) is 1.84. The molecule has 0 bridgehead atoms. The van der Waals surface area contributed by atoms with Gasteiger partial charge in [0, 0.05) is 5.56 Å². The predicted octanol–water partition coefficient (Wildman–Crippen LogP) is 2.02. The van der Waals surface area contributed by atoms with Crippen LogP contribution in [0.2, 0.25) is 0 Å². The van der Waals surface area contributed by atoms with Crippen LogP contribution in [-0.2, 0) is 0 Å². The summed E-state index contributed by atoms with van der Waals surface area (Å²) in [7, 11) is 0. The first-order chi connectivity index (χ1) is 6.90. The molecule has 0 fully saturated rings. The number of benzene rings is 1. The summed E-state index contributed by atoms with van der Waals surface area (Å²) in [4.78, 5) is 8.08. The van der Waals surface area contributed by atoms with Crippen LogP contribution in [0.15, 0.2) is 42.7 Å². The highest BCUT2D eigenvalue weighted by Crippen LogP contribution is 2.14. The van der Waals surface area contributed by atoms with Gasteiger partial charge >= 0.3 is 0 Å². The average molecular weight is 181 g/mol. The van der Waals surface area contributed by atoms with Crippen LogP contribution in [0.1, 0.15) is 5.69 Å². The fraction of sp³-hybridized carbons (Fsp3) is 0. The van der Waals surface area contributed by atoms with E-state index in [0.717, 1.165) is 11.3 Å². The van der Waals surface area contributed by atoms with Crippen LogP contribution < -0.4 is 0 Å². The van der Waals surface area contributed by atoms with Crippen molar-refractivity contribution in [1.29, 1.82) is 5.26 Å². The van der Waals surface area contributed by atoms with Crippen molar-refractivity contribution >= 4 is 0 Å². The maximum absolute atomic E-state index is 8.55. The van der Waals surface area contributed by atoms with Crippen LogP contribution in [0.25, 0.3) is 11.3 Å². The lowest BCUT2D eigenvalue weighted by Crippen LogP contribution is -1.87.